The van der Waals surface area contributed by atoms with Crippen LogP contribution in [0, 0.1) is 27.7 Å². The minimum absolute atomic E-state index is 0. The number of ketones is 1. The Balaban J connectivity index is 0.00000192. The van der Waals surface area contributed by atoms with E-state index in [1.165, 1.54) is 10.4 Å². The molecule has 0 saturated heterocycles. The van der Waals surface area contributed by atoms with Gasteiger partial charge in [-0.05, 0) is 39.3 Å². The maximum atomic E-state index is 12.6. The van der Waals surface area contributed by atoms with Gasteiger partial charge in [0.05, 0.1) is 12.2 Å². The SMILES string of the molecule is Cc1ccc2c(C(=O)CNc3nc(C)c(C)s3)c(C)[nH]c2c1.I. The summed E-state index contributed by atoms with van der Waals surface area (Å²) in [6.45, 7) is 8.26. The molecule has 122 valence electrons. The highest BCUT2D eigenvalue weighted by atomic mass is 127. The average Bonchev–Trinajstić information content (AvgIpc) is 2.95. The molecule has 0 atom stereocenters. The van der Waals surface area contributed by atoms with E-state index in [0.29, 0.717) is 0 Å². The van der Waals surface area contributed by atoms with Crippen LogP contribution < -0.4 is 5.32 Å². The smallest absolute Gasteiger partial charge is 0.184 e. The zero-order chi connectivity index (χ0) is 15.9. The van der Waals surface area contributed by atoms with Crippen LogP contribution in [0.4, 0.5) is 5.13 Å². The number of rotatable bonds is 4. The Morgan fingerprint density at radius 2 is 2.00 bits per heavy atom. The summed E-state index contributed by atoms with van der Waals surface area (Å²) in [5.41, 5.74) is 4.89. The first-order chi connectivity index (χ1) is 10.5. The molecular formula is C17H20IN3OS. The monoisotopic (exact) mass is 441 g/mol. The van der Waals surface area contributed by atoms with Gasteiger partial charge >= 0.3 is 0 Å². The second-order valence-corrected chi connectivity index (χ2v) is 6.81. The molecule has 0 saturated carbocycles. The Labute approximate surface area is 156 Å². The third-order valence-corrected chi connectivity index (χ3v) is 4.88. The third-order valence-electron chi connectivity index (χ3n) is 3.85. The maximum absolute atomic E-state index is 12.6. The molecule has 3 rings (SSSR count). The predicted molar refractivity (Wildman–Crippen MR) is 108 cm³/mol. The quantitative estimate of drug-likeness (QED) is 0.453. The van der Waals surface area contributed by atoms with Gasteiger partial charge in [-0.15, -0.1) is 35.3 Å². The highest BCUT2D eigenvalue weighted by molar-refractivity contribution is 14.0. The lowest BCUT2D eigenvalue weighted by Gasteiger charge is -2.03. The number of hydrogen-bond acceptors (Lipinski definition) is 4. The van der Waals surface area contributed by atoms with E-state index in [2.05, 4.69) is 21.4 Å². The molecule has 2 aromatic heterocycles. The van der Waals surface area contributed by atoms with Crippen LogP contribution >= 0.6 is 35.3 Å². The number of thiazole rings is 1. The average molecular weight is 441 g/mol. The van der Waals surface area contributed by atoms with Gasteiger partial charge in [0.25, 0.3) is 0 Å². The topological polar surface area (TPSA) is 57.8 Å². The van der Waals surface area contributed by atoms with Crippen molar-refractivity contribution < 1.29 is 4.79 Å². The van der Waals surface area contributed by atoms with Crippen molar-refractivity contribution in [2.24, 2.45) is 0 Å². The number of Topliss-reactive ketones (excluding diaryl/α,β-unsaturated/α-hetero) is 1. The first kappa shape index (κ1) is 17.9. The second-order valence-electron chi connectivity index (χ2n) is 5.61. The normalized spacial score (nSPS) is 10.6. The number of H-pyrrole nitrogens is 1. The number of anilines is 1. The summed E-state index contributed by atoms with van der Waals surface area (Å²) < 4.78 is 0. The lowest BCUT2D eigenvalue weighted by atomic mass is 10.1. The van der Waals surface area contributed by atoms with Crippen molar-refractivity contribution in [3.05, 3.63) is 45.6 Å². The van der Waals surface area contributed by atoms with Crippen molar-refractivity contribution >= 4 is 57.1 Å². The second kappa shape index (κ2) is 7.00. The van der Waals surface area contributed by atoms with Gasteiger partial charge in [0.1, 0.15) is 0 Å². The number of benzene rings is 1. The molecular weight excluding hydrogens is 421 g/mol. The van der Waals surface area contributed by atoms with Crippen LogP contribution in [-0.2, 0) is 0 Å². The number of nitrogens with zero attached hydrogens (tertiary/aromatic N) is 1. The number of aromatic nitrogens is 2. The molecule has 0 unspecified atom stereocenters. The van der Waals surface area contributed by atoms with Crippen LogP contribution in [0.2, 0.25) is 0 Å². The molecule has 0 radical (unpaired) electrons. The molecule has 0 spiro atoms. The van der Waals surface area contributed by atoms with Crippen LogP contribution in [0.5, 0.6) is 0 Å². The minimum atomic E-state index is 0. The largest absolute Gasteiger partial charge is 0.358 e. The van der Waals surface area contributed by atoms with E-state index in [9.17, 15) is 4.79 Å². The molecule has 0 aliphatic carbocycles. The van der Waals surface area contributed by atoms with Crippen molar-refractivity contribution in [1.82, 2.24) is 9.97 Å². The Bertz CT molecular complexity index is 847. The van der Waals surface area contributed by atoms with E-state index in [4.69, 9.17) is 0 Å². The van der Waals surface area contributed by atoms with E-state index in [1.807, 2.05) is 39.8 Å². The van der Waals surface area contributed by atoms with Crippen molar-refractivity contribution in [3.8, 4) is 0 Å². The molecule has 23 heavy (non-hydrogen) atoms. The maximum Gasteiger partial charge on any atom is 0.184 e. The molecule has 3 aromatic rings. The van der Waals surface area contributed by atoms with Gasteiger partial charge in [0, 0.05) is 27.0 Å². The zero-order valence-electron chi connectivity index (χ0n) is 13.6. The summed E-state index contributed by atoms with van der Waals surface area (Å²) in [5.74, 6) is 0.0816. The number of fused-ring (bicyclic) bond motifs is 1. The van der Waals surface area contributed by atoms with Gasteiger partial charge in [-0.1, -0.05) is 12.1 Å². The molecule has 1 aromatic carbocycles. The number of aryl methyl sites for hydroxylation is 4. The van der Waals surface area contributed by atoms with Gasteiger partial charge in [0.2, 0.25) is 0 Å². The molecule has 2 N–H and O–H groups in total. The van der Waals surface area contributed by atoms with E-state index in [1.54, 1.807) is 11.3 Å². The number of nitrogens with one attached hydrogen (secondary N) is 2. The van der Waals surface area contributed by atoms with Crippen molar-refractivity contribution in [2.75, 3.05) is 11.9 Å². The van der Waals surface area contributed by atoms with E-state index in [0.717, 1.165) is 33.0 Å². The third kappa shape index (κ3) is 3.58. The Morgan fingerprint density at radius 1 is 1.26 bits per heavy atom. The number of halogens is 1. The van der Waals surface area contributed by atoms with Crippen molar-refractivity contribution in [1.29, 1.82) is 0 Å². The number of carbonyl (C=O) groups is 1. The molecule has 0 bridgehead atoms. The highest BCUT2D eigenvalue weighted by Gasteiger charge is 2.16. The minimum Gasteiger partial charge on any atom is -0.358 e. The highest BCUT2D eigenvalue weighted by Crippen LogP contribution is 2.25. The summed E-state index contributed by atoms with van der Waals surface area (Å²) in [4.78, 5) is 21.5. The fourth-order valence-electron chi connectivity index (χ4n) is 2.60. The van der Waals surface area contributed by atoms with Gasteiger partial charge in [0.15, 0.2) is 10.9 Å². The van der Waals surface area contributed by atoms with Crippen LogP contribution in [0.3, 0.4) is 0 Å². The molecule has 0 aliphatic heterocycles. The van der Waals surface area contributed by atoms with Crippen molar-refractivity contribution in [3.63, 3.8) is 0 Å². The molecule has 0 aliphatic rings. The molecule has 0 amide bonds. The summed E-state index contributed by atoms with van der Waals surface area (Å²) in [6, 6.07) is 6.12. The lowest BCUT2D eigenvalue weighted by Crippen LogP contribution is -2.14. The van der Waals surface area contributed by atoms with Gasteiger partial charge < -0.3 is 10.3 Å². The summed E-state index contributed by atoms with van der Waals surface area (Å²) in [5, 5.41) is 4.93. The van der Waals surface area contributed by atoms with Crippen LogP contribution in [-0.4, -0.2) is 22.3 Å². The van der Waals surface area contributed by atoms with Crippen LogP contribution in [0.25, 0.3) is 10.9 Å². The number of hydrogen-bond donors (Lipinski definition) is 2. The Kier molecular flexibility index (Phi) is 5.46. The van der Waals surface area contributed by atoms with Crippen LogP contribution in [0.15, 0.2) is 18.2 Å². The number of carbonyl (C=O) groups excluding carboxylic acids is 1. The van der Waals surface area contributed by atoms with Gasteiger partial charge in [-0.2, -0.15) is 0 Å². The molecule has 6 heteroatoms. The van der Waals surface area contributed by atoms with Gasteiger partial charge in [-0.3, -0.25) is 4.79 Å². The molecule has 2 heterocycles. The van der Waals surface area contributed by atoms with Crippen molar-refractivity contribution in [2.45, 2.75) is 27.7 Å². The fourth-order valence-corrected chi connectivity index (χ4v) is 3.41. The van der Waals surface area contributed by atoms with Gasteiger partial charge in [-0.25, -0.2) is 4.98 Å². The molecule has 4 nitrogen and oxygen atoms in total. The lowest BCUT2D eigenvalue weighted by molar-refractivity contribution is 0.101. The summed E-state index contributed by atoms with van der Waals surface area (Å²) in [6.07, 6.45) is 0. The first-order valence-corrected chi connectivity index (χ1v) is 8.07. The Morgan fingerprint density at radius 3 is 2.65 bits per heavy atom. The fraction of sp³-hybridized carbons (Fsp3) is 0.294. The predicted octanol–water partition coefficient (Wildman–Crippen LogP) is 4.77. The van der Waals surface area contributed by atoms with E-state index in [-0.39, 0.29) is 36.3 Å². The first-order valence-electron chi connectivity index (χ1n) is 7.25. The van der Waals surface area contributed by atoms with E-state index < -0.39 is 0 Å². The zero-order valence-corrected chi connectivity index (χ0v) is 16.8. The van der Waals surface area contributed by atoms with E-state index >= 15 is 0 Å². The number of aromatic amines is 1. The van der Waals surface area contributed by atoms with Crippen LogP contribution in [0.1, 0.15) is 32.2 Å². The Hall–Kier alpha value is -1.41. The summed E-state index contributed by atoms with van der Waals surface area (Å²) >= 11 is 1.58. The summed E-state index contributed by atoms with van der Waals surface area (Å²) in [7, 11) is 0. The molecule has 0 fully saturated rings. The standard InChI is InChI=1S/C17H19N3OS.HI/c1-9-5-6-13-14(7-9)19-11(3)16(13)15(21)8-18-17-20-10(2)12(4)22-17;/h5-7,19H,8H2,1-4H3,(H,18,20);1H.